The minimum absolute atomic E-state index is 0.0122. The van der Waals surface area contributed by atoms with Crippen LogP contribution < -0.4 is 4.90 Å². The third kappa shape index (κ3) is 1.69. The lowest BCUT2D eigenvalue weighted by molar-refractivity contribution is -0.180. The molecule has 1 saturated heterocycles. The van der Waals surface area contributed by atoms with E-state index in [2.05, 4.69) is 0 Å². The van der Waals surface area contributed by atoms with E-state index in [1.54, 1.807) is 6.92 Å². The molecule has 0 unspecified atom stereocenters. The van der Waals surface area contributed by atoms with Gasteiger partial charge in [0.25, 0.3) is 11.7 Å². The first-order chi connectivity index (χ1) is 9.19. The first-order valence-corrected chi connectivity index (χ1v) is 6.40. The highest BCUT2D eigenvalue weighted by molar-refractivity contribution is 6.09. The predicted octanol–water partition coefficient (Wildman–Crippen LogP) is 1.21. The molecule has 0 saturated carbocycles. The summed E-state index contributed by atoms with van der Waals surface area (Å²) in [6.07, 6.45) is 0.403. The molecule has 2 aliphatic rings. The standard InChI is InChI=1S/C14H15NO4/c1-2-10(16)9-15-12-6-4-3-5-11(12)14(13(15)17)18-7-8-19-14/h3-6H,2,7-9H2,1H3. The summed E-state index contributed by atoms with van der Waals surface area (Å²) in [5.74, 6) is -1.61. The fourth-order valence-electron chi connectivity index (χ4n) is 2.53. The van der Waals surface area contributed by atoms with Gasteiger partial charge in [0.2, 0.25) is 0 Å². The van der Waals surface area contributed by atoms with Crippen LogP contribution in [0, 0.1) is 0 Å². The van der Waals surface area contributed by atoms with Crippen molar-refractivity contribution >= 4 is 17.4 Å². The van der Waals surface area contributed by atoms with Crippen LogP contribution in [0.5, 0.6) is 0 Å². The molecule has 1 aromatic rings. The van der Waals surface area contributed by atoms with E-state index < -0.39 is 5.79 Å². The molecule has 0 aromatic heterocycles. The van der Waals surface area contributed by atoms with Gasteiger partial charge in [0, 0.05) is 12.0 Å². The van der Waals surface area contributed by atoms with Crippen molar-refractivity contribution in [3.8, 4) is 0 Å². The van der Waals surface area contributed by atoms with Crippen LogP contribution in [-0.4, -0.2) is 31.4 Å². The molecule has 19 heavy (non-hydrogen) atoms. The molecule has 0 N–H and O–H groups in total. The SMILES string of the molecule is CCC(=O)CN1C(=O)C2(OCCO2)c2ccccc21. The van der Waals surface area contributed by atoms with Gasteiger partial charge in [-0.2, -0.15) is 0 Å². The van der Waals surface area contributed by atoms with Crippen LogP contribution in [0.2, 0.25) is 0 Å². The Morgan fingerprint density at radius 2 is 2.00 bits per heavy atom. The number of carbonyl (C=O) groups excluding carboxylic acids is 2. The van der Waals surface area contributed by atoms with Gasteiger partial charge in [0.1, 0.15) is 0 Å². The van der Waals surface area contributed by atoms with Gasteiger partial charge in [-0.1, -0.05) is 25.1 Å². The highest BCUT2D eigenvalue weighted by Crippen LogP contribution is 2.45. The molecule has 0 aliphatic carbocycles. The Balaban J connectivity index is 2.04. The molecule has 0 bridgehead atoms. The van der Waals surface area contributed by atoms with Crippen LogP contribution in [0.4, 0.5) is 5.69 Å². The van der Waals surface area contributed by atoms with Crippen LogP contribution in [0.3, 0.4) is 0 Å². The van der Waals surface area contributed by atoms with E-state index in [4.69, 9.17) is 9.47 Å². The van der Waals surface area contributed by atoms with Crippen LogP contribution in [-0.2, 0) is 24.8 Å². The third-order valence-corrected chi connectivity index (χ3v) is 3.50. The Labute approximate surface area is 111 Å². The second-order valence-electron chi connectivity index (χ2n) is 4.61. The van der Waals surface area contributed by atoms with Gasteiger partial charge < -0.3 is 9.47 Å². The number of benzene rings is 1. The predicted molar refractivity (Wildman–Crippen MR) is 67.7 cm³/mol. The number of anilines is 1. The number of amides is 1. The Morgan fingerprint density at radius 1 is 1.32 bits per heavy atom. The Bertz CT molecular complexity index is 534. The number of Topliss-reactive ketones (excluding diaryl/α,β-unsaturated/α-hetero) is 1. The number of hydrogen-bond acceptors (Lipinski definition) is 4. The largest absolute Gasteiger partial charge is 0.336 e. The topological polar surface area (TPSA) is 55.8 Å². The fourth-order valence-corrected chi connectivity index (χ4v) is 2.53. The highest BCUT2D eigenvalue weighted by Gasteiger charge is 2.56. The highest BCUT2D eigenvalue weighted by atomic mass is 16.7. The van der Waals surface area contributed by atoms with Crippen molar-refractivity contribution in [2.45, 2.75) is 19.1 Å². The van der Waals surface area contributed by atoms with E-state index in [1.807, 2.05) is 24.3 Å². The zero-order chi connectivity index (χ0) is 13.5. The lowest BCUT2D eigenvalue weighted by atomic mass is 10.1. The van der Waals surface area contributed by atoms with Gasteiger partial charge in [-0.15, -0.1) is 0 Å². The molecule has 1 fully saturated rings. The van der Waals surface area contributed by atoms with Crippen molar-refractivity contribution in [2.75, 3.05) is 24.7 Å². The van der Waals surface area contributed by atoms with E-state index in [-0.39, 0.29) is 18.2 Å². The van der Waals surface area contributed by atoms with Crippen molar-refractivity contribution in [2.24, 2.45) is 0 Å². The molecule has 5 heteroatoms. The summed E-state index contributed by atoms with van der Waals surface area (Å²) in [5, 5.41) is 0. The van der Waals surface area contributed by atoms with E-state index in [0.717, 1.165) is 0 Å². The molecule has 0 radical (unpaired) electrons. The zero-order valence-corrected chi connectivity index (χ0v) is 10.7. The van der Waals surface area contributed by atoms with Crippen molar-refractivity contribution < 1.29 is 19.1 Å². The molecule has 1 aromatic carbocycles. The molecule has 3 rings (SSSR count). The first-order valence-electron chi connectivity index (χ1n) is 6.40. The molecule has 2 heterocycles. The quantitative estimate of drug-likeness (QED) is 0.820. The third-order valence-electron chi connectivity index (χ3n) is 3.50. The molecule has 5 nitrogen and oxygen atoms in total. The van der Waals surface area contributed by atoms with E-state index >= 15 is 0 Å². The van der Waals surface area contributed by atoms with Gasteiger partial charge in [0.15, 0.2) is 5.78 Å². The minimum Gasteiger partial charge on any atom is -0.336 e. The molecule has 1 spiro atoms. The minimum atomic E-state index is -1.33. The lowest BCUT2D eigenvalue weighted by Crippen LogP contribution is -2.43. The van der Waals surface area contributed by atoms with Gasteiger partial charge in [0.05, 0.1) is 25.4 Å². The summed E-state index contributed by atoms with van der Waals surface area (Å²) in [5.41, 5.74) is 1.40. The van der Waals surface area contributed by atoms with Crippen molar-refractivity contribution in [3.05, 3.63) is 29.8 Å². The number of nitrogens with zero attached hydrogens (tertiary/aromatic N) is 1. The van der Waals surface area contributed by atoms with Crippen LogP contribution in [0.1, 0.15) is 18.9 Å². The molecule has 2 aliphatic heterocycles. The number of fused-ring (bicyclic) bond motifs is 2. The summed E-state index contributed by atoms with van der Waals surface area (Å²) in [4.78, 5) is 25.7. The average Bonchev–Trinajstić information content (AvgIpc) is 3.01. The second-order valence-corrected chi connectivity index (χ2v) is 4.61. The van der Waals surface area contributed by atoms with Crippen molar-refractivity contribution in [1.29, 1.82) is 0 Å². The summed E-state index contributed by atoms with van der Waals surface area (Å²) in [6.45, 7) is 2.62. The Kier molecular flexibility index (Phi) is 2.88. The normalized spacial score (nSPS) is 20.1. The molecular formula is C14H15NO4. The first kappa shape index (κ1) is 12.3. The Hall–Kier alpha value is -1.72. The Morgan fingerprint density at radius 3 is 2.68 bits per heavy atom. The number of ketones is 1. The molecule has 0 atom stereocenters. The fraction of sp³-hybridized carbons (Fsp3) is 0.429. The van der Waals surface area contributed by atoms with Crippen molar-refractivity contribution in [3.63, 3.8) is 0 Å². The number of hydrogen-bond donors (Lipinski definition) is 0. The monoisotopic (exact) mass is 261 g/mol. The summed E-state index contributed by atoms with van der Waals surface area (Å²) in [6, 6.07) is 7.30. The number of carbonyl (C=O) groups is 2. The van der Waals surface area contributed by atoms with Gasteiger partial charge in [-0.3, -0.25) is 14.5 Å². The number of para-hydroxylation sites is 1. The zero-order valence-electron chi connectivity index (χ0n) is 10.7. The van der Waals surface area contributed by atoms with Crippen LogP contribution in [0.15, 0.2) is 24.3 Å². The van der Waals surface area contributed by atoms with Gasteiger partial charge in [-0.25, -0.2) is 0 Å². The maximum absolute atomic E-state index is 12.6. The lowest BCUT2D eigenvalue weighted by Gasteiger charge is -2.21. The van der Waals surface area contributed by atoms with E-state index in [0.29, 0.717) is 30.9 Å². The molecule has 100 valence electrons. The van der Waals surface area contributed by atoms with E-state index in [9.17, 15) is 9.59 Å². The second kappa shape index (κ2) is 4.43. The average molecular weight is 261 g/mol. The maximum Gasteiger partial charge on any atom is 0.292 e. The maximum atomic E-state index is 12.6. The van der Waals surface area contributed by atoms with Gasteiger partial charge >= 0.3 is 0 Å². The van der Waals surface area contributed by atoms with Crippen molar-refractivity contribution in [1.82, 2.24) is 0 Å². The number of ether oxygens (including phenoxy) is 2. The summed E-state index contributed by atoms with van der Waals surface area (Å²) >= 11 is 0. The number of rotatable bonds is 3. The van der Waals surface area contributed by atoms with Crippen LogP contribution in [0.25, 0.3) is 0 Å². The smallest absolute Gasteiger partial charge is 0.292 e. The molecule has 1 amide bonds. The summed E-state index contributed by atoms with van der Waals surface area (Å²) < 4.78 is 11.1. The van der Waals surface area contributed by atoms with Crippen LogP contribution >= 0.6 is 0 Å². The molecular weight excluding hydrogens is 246 g/mol. The van der Waals surface area contributed by atoms with Gasteiger partial charge in [-0.05, 0) is 6.07 Å². The summed E-state index contributed by atoms with van der Waals surface area (Å²) in [7, 11) is 0. The van der Waals surface area contributed by atoms with E-state index in [1.165, 1.54) is 4.90 Å².